The number of carbonyl (C=O) groups is 1. The number of aromatic nitrogens is 2. The van der Waals surface area contributed by atoms with E-state index in [1.165, 1.54) is 0 Å². The maximum atomic E-state index is 12.3. The van der Waals surface area contributed by atoms with Crippen molar-refractivity contribution in [2.75, 3.05) is 25.1 Å². The maximum absolute atomic E-state index is 12.3. The Labute approximate surface area is 141 Å². The smallest absolute Gasteiger partial charge is 0.275 e. The van der Waals surface area contributed by atoms with Crippen molar-refractivity contribution in [2.24, 2.45) is 5.92 Å². The van der Waals surface area contributed by atoms with E-state index in [-0.39, 0.29) is 5.91 Å². The van der Waals surface area contributed by atoms with Gasteiger partial charge in [-0.25, -0.2) is 9.97 Å². The van der Waals surface area contributed by atoms with Gasteiger partial charge in [0.25, 0.3) is 5.91 Å². The molecule has 2 aromatic rings. The van der Waals surface area contributed by atoms with E-state index in [0.717, 1.165) is 31.7 Å². The molecule has 6 nitrogen and oxygen atoms in total. The average Bonchev–Trinajstić information content (AvgIpc) is 2.61. The molecule has 1 aliphatic heterocycles. The fourth-order valence-electron chi connectivity index (χ4n) is 2.58. The molecule has 3 rings (SSSR count). The van der Waals surface area contributed by atoms with Crippen LogP contribution in [0.1, 0.15) is 29.0 Å². The minimum absolute atomic E-state index is 0.298. The molecule has 0 atom stereocenters. The summed E-state index contributed by atoms with van der Waals surface area (Å²) in [5.41, 5.74) is 1.06. The van der Waals surface area contributed by atoms with Crippen molar-refractivity contribution >= 4 is 11.7 Å². The second-order valence-electron chi connectivity index (χ2n) is 5.87. The minimum atomic E-state index is -0.298. The number of hydrogen-bond donors (Lipinski definition) is 1. The second-order valence-corrected chi connectivity index (χ2v) is 5.87. The third-order valence-corrected chi connectivity index (χ3v) is 3.89. The summed E-state index contributed by atoms with van der Waals surface area (Å²) >= 11 is 0. The molecule has 0 bridgehead atoms. The SMILES string of the molecule is Cc1cc(OCC2CCOCC2)cc(C(=O)Nc2ccccn2)n1. The lowest BCUT2D eigenvalue weighted by molar-refractivity contribution is 0.0497. The number of rotatable bonds is 5. The van der Waals surface area contributed by atoms with Crippen LogP contribution >= 0.6 is 0 Å². The van der Waals surface area contributed by atoms with E-state index in [9.17, 15) is 4.79 Å². The van der Waals surface area contributed by atoms with Crippen LogP contribution in [0, 0.1) is 12.8 Å². The zero-order chi connectivity index (χ0) is 16.8. The quantitative estimate of drug-likeness (QED) is 0.914. The Morgan fingerprint density at radius 1 is 1.33 bits per heavy atom. The zero-order valence-corrected chi connectivity index (χ0v) is 13.7. The fraction of sp³-hybridized carbons (Fsp3) is 0.389. The molecule has 3 heterocycles. The van der Waals surface area contributed by atoms with Gasteiger partial charge >= 0.3 is 0 Å². The molecule has 0 aliphatic carbocycles. The van der Waals surface area contributed by atoms with E-state index in [2.05, 4.69) is 15.3 Å². The Balaban J connectivity index is 1.65. The van der Waals surface area contributed by atoms with Crippen LogP contribution in [0.15, 0.2) is 36.5 Å². The van der Waals surface area contributed by atoms with E-state index in [4.69, 9.17) is 9.47 Å². The van der Waals surface area contributed by atoms with Gasteiger partial charge < -0.3 is 14.8 Å². The number of ether oxygens (including phenoxy) is 2. The van der Waals surface area contributed by atoms with E-state index >= 15 is 0 Å². The molecule has 0 unspecified atom stereocenters. The standard InChI is InChI=1S/C18H21N3O3/c1-13-10-15(24-12-14-5-8-23-9-6-14)11-16(20-13)18(22)21-17-4-2-3-7-19-17/h2-4,7,10-11,14H,5-6,8-9,12H2,1H3,(H,19,21,22). The van der Waals surface area contributed by atoms with Gasteiger partial charge in [0.15, 0.2) is 0 Å². The molecule has 0 radical (unpaired) electrons. The van der Waals surface area contributed by atoms with Crippen molar-refractivity contribution < 1.29 is 14.3 Å². The normalized spacial score (nSPS) is 15.0. The highest BCUT2D eigenvalue weighted by atomic mass is 16.5. The van der Waals surface area contributed by atoms with Crippen LogP contribution in [0.2, 0.25) is 0 Å². The van der Waals surface area contributed by atoms with Crippen LogP contribution in [-0.4, -0.2) is 35.7 Å². The summed E-state index contributed by atoms with van der Waals surface area (Å²) in [5.74, 6) is 1.36. The van der Waals surface area contributed by atoms with Crippen molar-refractivity contribution in [3.63, 3.8) is 0 Å². The number of nitrogens with one attached hydrogen (secondary N) is 1. The van der Waals surface area contributed by atoms with Gasteiger partial charge in [-0.3, -0.25) is 4.79 Å². The third kappa shape index (κ3) is 4.52. The minimum Gasteiger partial charge on any atom is -0.493 e. The second kappa shape index (κ2) is 7.88. The summed E-state index contributed by atoms with van der Waals surface area (Å²) < 4.78 is 11.2. The first-order valence-electron chi connectivity index (χ1n) is 8.12. The summed E-state index contributed by atoms with van der Waals surface area (Å²) in [6.45, 7) is 4.06. The van der Waals surface area contributed by atoms with E-state index in [0.29, 0.717) is 29.8 Å². The van der Waals surface area contributed by atoms with E-state index in [1.807, 2.05) is 19.1 Å². The number of nitrogens with zero attached hydrogens (tertiary/aromatic N) is 2. The Kier molecular flexibility index (Phi) is 5.38. The molecule has 0 aromatic carbocycles. The summed E-state index contributed by atoms with van der Waals surface area (Å²) in [4.78, 5) is 20.7. The number of hydrogen-bond acceptors (Lipinski definition) is 5. The van der Waals surface area contributed by atoms with Gasteiger partial charge in [0.1, 0.15) is 17.3 Å². The summed E-state index contributed by atoms with van der Waals surface area (Å²) in [5, 5.41) is 2.73. The van der Waals surface area contributed by atoms with Crippen LogP contribution in [0.25, 0.3) is 0 Å². The van der Waals surface area contributed by atoms with Crippen molar-refractivity contribution in [3.05, 3.63) is 47.9 Å². The van der Waals surface area contributed by atoms with Gasteiger partial charge in [0.05, 0.1) is 6.61 Å². The van der Waals surface area contributed by atoms with Gasteiger partial charge in [0, 0.05) is 37.2 Å². The van der Waals surface area contributed by atoms with Crippen LogP contribution in [0.4, 0.5) is 5.82 Å². The summed E-state index contributed by atoms with van der Waals surface area (Å²) in [7, 11) is 0. The first-order valence-corrected chi connectivity index (χ1v) is 8.12. The number of amides is 1. The van der Waals surface area contributed by atoms with Crippen LogP contribution < -0.4 is 10.1 Å². The lowest BCUT2D eigenvalue weighted by Gasteiger charge is -2.22. The fourth-order valence-corrected chi connectivity index (χ4v) is 2.58. The average molecular weight is 327 g/mol. The van der Waals surface area contributed by atoms with Crippen LogP contribution in [0.5, 0.6) is 5.75 Å². The van der Waals surface area contributed by atoms with Crippen molar-refractivity contribution in [1.82, 2.24) is 9.97 Å². The third-order valence-electron chi connectivity index (χ3n) is 3.89. The highest BCUT2D eigenvalue weighted by Gasteiger charge is 2.16. The zero-order valence-electron chi connectivity index (χ0n) is 13.7. The topological polar surface area (TPSA) is 73.3 Å². The van der Waals surface area contributed by atoms with Gasteiger partial charge in [-0.2, -0.15) is 0 Å². The Morgan fingerprint density at radius 3 is 2.92 bits per heavy atom. The summed E-state index contributed by atoms with van der Waals surface area (Å²) in [6.07, 6.45) is 3.65. The molecule has 0 saturated carbocycles. The van der Waals surface area contributed by atoms with Gasteiger partial charge in [-0.15, -0.1) is 0 Å². The molecule has 6 heteroatoms. The highest BCUT2D eigenvalue weighted by Crippen LogP contribution is 2.19. The maximum Gasteiger partial charge on any atom is 0.275 e. The molecule has 2 aromatic heterocycles. The lowest BCUT2D eigenvalue weighted by Crippen LogP contribution is -2.21. The number of pyridine rings is 2. The molecule has 1 aliphatic rings. The first-order chi connectivity index (χ1) is 11.7. The molecular formula is C18H21N3O3. The molecule has 126 valence electrons. The van der Waals surface area contributed by atoms with Crippen molar-refractivity contribution in [3.8, 4) is 5.75 Å². The largest absolute Gasteiger partial charge is 0.493 e. The van der Waals surface area contributed by atoms with Crippen LogP contribution in [-0.2, 0) is 4.74 Å². The Bertz CT molecular complexity index is 685. The van der Waals surface area contributed by atoms with Gasteiger partial charge in [-0.1, -0.05) is 6.07 Å². The Hall–Kier alpha value is -2.47. The number of aryl methyl sites for hydroxylation is 1. The molecule has 1 N–H and O–H groups in total. The predicted octanol–water partition coefficient (Wildman–Crippen LogP) is 2.84. The van der Waals surface area contributed by atoms with Crippen molar-refractivity contribution in [1.29, 1.82) is 0 Å². The number of anilines is 1. The van der Waals surface area contributed by atoms with Gasteiger partial charge in [-0.05, 0) is 37.8 Å². The molecular weight excluding hydrogens is 306 g/mol. The lowest BCUT2D eigenvalue weighted by atomic mass is 10.0. The van der Waals surface area contributed by atoms with Crippen LogP contribution in [0.3, 0.4) is 0 Å². The molecule has 0 spiro atoms. The van der Waals surface area contributed by atoms with E-state index in [1.54, 1.807) is 24.4 Å². The molecule has 1 amide bonds. The predicted molar refractivity (Wildman–Crippen MR) is 90.2 cm³/mol. The Morgan fingerprint density at radius 2 is 2.17 bits per heavy atom. The number of carbonyl (C=O) groups excluding carboxylic acids is 1. The molecule has 1 fully saturated rings. The first kappa shape index (κ1) is 16.4. The monoisotopic (exact) mass is 327 g/mol. The van der Waals surface area contributed by atoms with Gasteiger partial charge in [0.2, 0.25) is 0 Å². The highest BCUT2D eigenvalue weighted by molar-refractivity contribution is 6.02. The molecule has 1 saturated heterocycles. The molecule has 24 heavy (non-hydrogen) atoms. The van der Waals surface area contributed by atoms with Crippen molar-refractivity contribution in [2.45, 2.75) is 19.8 Å². The summed E-state index contributed by atoms with van der Waals surface area (Å²) in [6, 6.07) is 8.86. The van der Waals surface area contributed by atoms with E-state index < -0.39 is 0 Å².